The molecule has 0 heterocycles. The molecular weight excluding hydrogens is 284 g/mol. The van der Waals surface area contributed by atoms with Crippen molar-refractivity contribution in [1.29, 1.82) is 0 Å². The summed E-state index contributed by atoms with van der Waals surface area (Å²) in [5, 5.41) is 0. The van der Waals surface area contributed by atoms with Gasteiger partial charge in [0.2, 0.25) is 0 Å². The third-order valence-electron chi connectivity index (χ3n) is 3.45. The summed E-state index contributed by atoms with van der Waals surface area (Å²) >= 11 is 0. The topological polar surface area (TPSA) is 43.4 Å². The number of hydrogen-bond donors (Lipinski definition) is 0. The van der Waals surface area contributed by atoms with E-state index >= 15 is 0 Å². The zero-order chi connectivity index (χ0) is 15.6. The first-order valence-electron chi connectivity index (χ1n) is 7.97. The standard InChI is InChI=1S/C17H28O3S/c1-16(2)12-8-5-3-4-6-11-15-20-21(18,19)17-13-9-7-10-14-17/h7,9-10,13-14,16H,3-6,8,11-12,15H2,1-2H3. The van der Waals surface area contributed by atoms with Crippen molar-refractivity contribution in [3.05, 3.63) is 30.3 Å². The van der Waals surface area contributed by atoms with Gasteiger partial charge in [0.15, 0.2) is 0 Å². The first kappa shape index (κ1) is 18.2. The maximum absolute atomic E-state index is 11.8. The van der Waals surface area contributed by atoms with Gasteiger partial charge in [-0.3, -0.25) is 4.18 Å². The summed E-state index contributed by atoms with van der Waals surface area (Å²) in [7, 11) is -3.57. The fraction of sp³-hybridized carbons (Fsp3) is 0.647. The van der Waals surface area contributed by atoms with Crippen molar-refractivity contribution >= 4 is 10.1 Å². The Labute approximate surface area is 129 Å². The molecule has 120 valence electrons. The average molecular weight is 312 g/mol. The summed E-state index contributed by atoms with van der Waals surface area (Å²) in [6.45, 7) is 4.79. The van der Waals surface area contributed by atoms with E-state index in [9.17, 15) is 8.42 Å². The molecule has 0 unspecified atom stereocenters. The van der Waals surface area contributed by atoms with E-state index < -0.39 is 10.1 Å². The minimum absolute atomic E-state index is 0.235. The number of hydrogen-bond acceptors (Lipinski definition) is 3. The minimum atomic E-state index is -3.57. The highest BCUT2D eigenvalue weighted by Crippen LogP contribution is 2.14. The fourth-order valence-electron chi connectivity index (χ4n) is 2.19. The van der Waals surface area contributed by atoms with Gasteiger partial charge in [0.1, 0.15) is 0 Å². The Morgan fingerprint density at radius 3 is 2.10 bits per heavy atom. The van der Waals surface area contributed by atoms with Gasteiger partial charge in [0, 0.05) is 0 Å². The lowest BCUT2D eigenvalue weighted by atomic mass is 10.0. The Morgan fingerprint density at radius 2 is 1.48 bits per heavy atom. The molecule has 0 radical (unpaired) electrons. The molecule has 0 aliphatic rings. The third-order valence-corrected chi connectivity index (χ3v) is 4.77. The van der Waals surface area contributed by atoms with Crippen molar-refractivity contribution in [3.63, 3.8) is 0 Å². The molecule has 0 saturated heterocycles. The van der Waals surface area contributed by atoms with Crippen LogP contribution in [0.4, 0.5) is 0 Å². The van der Waals surface area contributed by atoms with Crippen LogP contribution >= 0.6 is 0 Å². The van der Waals surface area contributed by atoms with Crippen LogP contribution in [0, 0.1) is 5.92 Å². The average Bonchev–Trinajstić information content (AvgIpc) is 2.46. The van der Waals surface area contributed by atoms with Gasteiger partial charge in [0.25, 0.3) is 10.1 Å². The summed E-state index contributed by atoms with van der Waals surface area (Å²) < 4.78 is 28.7. The maximum atomic E-state index is 11.8. The molecule has 1 aromatic carbocycles. The molecule has 0 bridgehead atoms. The summed E-state index contributed by atoms with van der Waals surface area (Å²) in [5.41, 5.74) is 0. The molecule has 0 aliphatic carbocycles. The van der Waals surface area contributed by atoms with Crippen molar-refractivity contribution < 1.29 is 12.6 Å². The smallest absolute Gasteiger partial charge is 0.266 e. The van der Waals surface area contributed by atoms with Gasteiger partial charge >= 0.3 is 0 Å². The van der Waals surface area contributed by atoms with E-state index in [0.29, 0.717) is 0 Å². The Morgan fingerprint density at radius 1 is 0.905 bits per heavy atom. The zero-order valence-electron chi connectivity index (χ0n) is 13.3. The molecule has 0 atom stereocenters. The van der Waals surface area contributed by atoms with Gasteiger partial charge in [-0.1, -0.05) is 70.6 Å². The number of unbranched alkanes of at least 4 members (excludes halogenated alkanes) is 5. The van der Waals surface area contributed by atoms with Gasteiger partial charge < -0.3 is 0 Å². The summed E-state index contributed by atoms with van der Waals surface area (Å²) in [5.74, 6) is 0.793. The van der Waals surface area contributed by atoms with Crippen LogP contribution in [0.15, 0.2) is 35.2 Å². The maximum Gasteiger partial charge on any atom is 0.296 e. The summed E-state index contributed by atoms with van der Waals surface area (Å²) in [6, 6.07) is 8.31. The molecular formula is C17H28O3S. The monoisotopic (exact) mass is 312 g/mol. The molecule has 4 heteroatoms. The molecule has 0 N–H and O–H groups in total. The van der Waals surface area contributed by atoms with E-state index in [0.717, 1.165) is 25.2 Å². The predicted molar refractivity (Wildman–Crippen MR) is 86.7 cm³/mol. The van der Waals surface area contributed by atoms with Gasteiger partial charge in [-0.15, -0.1) is 0 Å². The zero-order valence-corrected chi connectivity index (χ0v) is 14.1. The Hall–Kier alpha value is -0.870. The Kier molecular flexibility index (Phi) is 8.62. The molecule has 21 heavy (non-hydrogen) atoms. The second kappa shape index (κ2) is 9.96. The van der Waals surface area contributed by atoms with Crippen LogP contribution < -0.4 is 0 Å². The lowest BCUT2D eigenvalue weighted by Crippen LogP contribution is -2.07. The van der Waals surface area contributed by atoms with E-state index in [2.05, 4.69) is 13.8 Å². The minimum Gasteiger partial charge on any atom is -0.266 e. The first-order chi connectivity index (χ1) is 10.0. The quantitative estimate of drug-likeness (QED) is 0.436. The van der Waals surface area contributed by atoms with Gasteiger partial charge in [-0.2, -0.15) is 8.42 Å². The molecule has 1 rings (SSSR count). The van der Waals surface area contributed by atoms with Crippen LogP contribution in [0.2, 0.25) is 0 Å². The van der Waals surface area contributed by atoms with Crippen LogP contribution in [0.5, 0.6) is 0 Å². The lowest BCUT2D eigenvalue weighted by Gasteiger charge is -2.06. The van der Waals surface area contributed by atoms with Crippen molar-refractivity contribution in [3.8, 4) is 0 Å². The SMILES string of the molecule is CC(C)CCCCCCCCOS(=O)(=O)c1ccccc1. The molecule has 0 saturated carbocycles. The highest BCUT2D eigenvalue weighted by Gasteiger charge is 2.13. The van der Waals surface area contributed by atoms with Crippen molar-refractivity contribution in [1.82, 2.24) is 0 Å². The molecule has 3 nitrogen and oxygen atoms in total. The van der Waals surface area contributed by atoms with E-state index in [1.807, 2.05) is 0 Å². The fourth-order valence-corrected chi connectivity index (χ4v) is 3.15. The molecule has 0 fully saturated rings. The van der Waals surface area contributed by atoms with Crippen LogP contribution in [0.1, 0.15) is 58.8 Å². The summed E-state index contributed by atoms with van der Waals surface area (Å²) in [4.78, 5) is 0.235. The van der Waals surface area contributed by atoms with Crippen LogP contribution in [0.3, 0.4) is 0 Å². The lowest BCUT2D eigenvalue weighted by molar-refractivity contribution is 0.306. The van der Waals surface area contributed by atoms with E-state index in [1.165, 1.54) is 25.7 Å². The highest BCUT2D eigenvalue weighted by atomic mass is 32.2. The molecule has 0 amide bonds. The van der Waals surface area contributed by atoms with E-state index in [-0.39, 0.29) is 11.5 Å². The van der Waals surface area contributed by atoms with Gasteiger partial charge in [-0.25, -0.2) is 0 Å². The largest absolute Gasteiger partial charge is 0.296 e. The van der Waals surface area contributed by atoms with E-state index in [4.69, 9.17) is 4.18 Å². The van der Waals surface area contributed by atoms with Crippen molar-refractivity contribution in [2.45, 2.75) is 63.7 Å². The normalized spacial score (nSPS) is 12.0. The Balaban J connectivity index is 2.07. The molecule has 0 aliphatic heterocycles. The molecule has 1 aromatic rings. The number of rotatable bonds is 11. The van der Waals surface area contributed by atoms with Gasteiger partial charge in [0.05, 0.1) is 11.5 Å². The predicted octanol–water partition coefficient (Wildman–Crippen LogP) is 4.78. The van der Waals surface area contributed by atoms with Crippen LogP contribution in [-0.2, 0) is 14.3 Å². The van der Waals surface area contributed by atoms with E-state index in [1.54, 1.807) is 30.3 Å². The second-order valence-electron chi connectivity index (χ2n) is 5.89. The molecule has 0 aromatic heterocycles. The van der Waals surface area contributed by atoms with Crippen molar-refractivity contribution in [2.24, 2.45) is 5.92 Å². The second-order valence-corrected chi connectivity index (χ2v) is 7.51. The number of benzene rings is 1. The third kappa shape index (κ3) is 8.22. The van der Waals surface area contributed by atoms with Crippen LogP contribution in [-0.4, -0.2) is 15.0 Å². The van der Waals surface area contributed by atoms with Crippen molar-refractivity contribution in [2.75, 3.05) is 6.61 Å². The van der Waals surface area contributed by atoms with Gasteiger partial charge in [-0.05, 0) is 24.5 Å². The first-order valence-corrected chi connectivity index (χ1v) is 9.37. The summed E-state index contributed by atoms with van der Waals surface area (Å²) in [6.07, 6.45) is 8.11. The molecule has 0 spiro atoms. The Bertz CT molecular complexity index is 466. The van der Waals surface area contributed by atoms with Crippen LogP contribution in [0.25, 0.3) is 0 Å². The highest BCUT2D eigenvalue weighted by molar-refractivity contribution is 7.86.